The number of benzene rings is 1. The van der Waals surface area contributed by atoms with Gasteiger partial charge in [-0.1, -0.05) is 13.0 Å². The molecule has 4 aromatic rings. The van der Waals surface area contributed by atoms with Crippen LogP contribution in [0.3, 0.4) is 0 Å². The first-order valence-electron chi connectivity index (χ1n) is 14.2. The second kappa shape index (κ2) is 11.3. The second-order valence-electron chi connectivity index (χ2n) is 11.9. The predicted octanol–water partition coefficient (Wildman–Crippen LogP) is 5.03. The Hall–Kier alpha value is -3.34. The quantitative estimate of drug-likeness (QED) is 0.286. The van der Waals surface area contributed by atoms with E-state index in [-0.39, 0.29) is 0 Å². The second-order valence-corrected chi connectivity index (χ2v) is 12.8. The van der Waals surface area contributed by atoms with Crippen LogP contribution in [0.5, 0.6) is 0 Å². The molecule has 3 N–H and O–H groups in total. The minimum Gasteiger partial charge on any atom is -0.341 e. The molecule has 7 rings (SSSR count). The van der Waals surface area contributed by atoms with E-state index in [9.17, 15) is 4.79 Å². The monoisotopic (exact) mass is 558 g/mol. The van der Waals surface area contributed by atoms with Gasteiger partial charge in [-0.25, -0.2) is 15.0 Å². The average molecular weight is 559 g/mol. The summed E-state index contributed by atoms with van der Waals surface area (Å²) in [5.74, 6) is 0.761. The summed E-state index contributed by atoms with van der Waals surface area (Å²) in [6.07, 6.45) is 8.25. The molecule has 2 unspecified atom stereocenters. The van der Waals surface area contributed by atoms with Crippen molar-refractivity contribution < 1.29 is 4.79 Å². The molecule has 40 heavy (non-hydrogen) atoms. The van der Waals surface area contributed by atoms with Gasteiger partial charge in [-0.2, -0.15) is 0 Å². The smallest absolute Gasteiger partial charge is 0.209 e. The van der Waals surface area contributed by atoms with Crippen LogP contribution >= 0.6 is 11.3 Å². The number of nitrogens with one attached hydrogen (secondary N) is 3. The molecule has 210 valence electrons. The van der Waals surface area contributed by atoms with Gasteiger partial charge in [0.2, 0.25) is 6.41 Å². The molecule has 1 amide bonds. The van der Waals surface area contributed by atoms with E-state index in [1.54, 1.807) is 22.6 Å². The Morgan fingerprint density at radius 2 is 1.98 bits per heavy atom. The van der Waals surface area contributed by atoms with Crippen LogP contribution in [0.25, 0.3) is 26.8 Å². The number of hydrogen-bond donors (Lipinski definition) is 3. The number of aromatic amines is 1. The molecule has 0 radical (unpaired) electrons. The summed E-state index contributed by atoms with van der Waals surface area (Å²) < 4.78 is 1.13. The Morgan fingerprint density at radius 3 is 2.70 bits per heavy atom. The largest absolute Gasteiger partial charge is 0.341 e. The van der Waals surface area contributed by atoms with Gasteiger partial charge >= 0.3 is 0 Å². The third kappa shape index (κ3) is 6.19. The number of thiazole rings is 1. The fraction of sp³-hybridized carbons (Fsp3) is 0.467. The van der Waals surface area contributed by atoms with Crippen LogP contribution < -0.4 is 10.6 Å². The molecular weight excluding hydrogens is 520 g/mol. The SMILES string of the molecule is CC1CN(CC2(C)CC2)CC(C)N1.O=CN1CC=C(c2cc3c(Nc4ccc5ncsc5c4)ncnc3[nH]2)CC1. The van der Waals surface area contributed by atoms with Gasteiger partial charge in [0.1, 0.15) is 17.8 Å². The lowest BCUT2D eigenvalue weighted by Crippen LogP contribution is -2.55. The normalized spacial score (nSPS) is 22.5. The fourth-order valence-corrected chi connectivity index (χ4v) is 6.50. The van der Waals surface area contributed by atoms with Crippen LogP contribution in [0, 0.1) is 5.41 Å². The van der Waals surface area contributed by atoms with Crippen LogP contribution in [0.4, 0.5) is 11.5 Å². The Balaban J connectivity index is 0.000000187. The number of hydrogen-bond acceptors (Lipinski definition) is 8. The zero-order valence-corrected chi connectivity index (χ0v) is 24.3. The Labute approximate surface area is 239 Å². The van der Waals surface area contributed by atoms with Crippen molar-refractivity contribution in [1.82, 2.24) is 35.1 Å². The van der Waals surface area contributed by atoms with E-state index in [1.807, 2.05) is 17.6 Å². The number of aromatic nitrogens is 4. The van der Waals surface area contributed by atoms with Crippen molar-refractivity contribution in [2.45, 2.75) is 52.1 Å². The molecule has 0 spiro atoms. The van der Waals surface area contributed by atoms with Crippen molar-refractivity contribution in [2.24, 2.45) is 5.41 Å². The van der Waals surface area contributed by atoms with Gasteiger partial charge in [-0.05, 0) is 68.4 Å². The summed E-state index contributed by atoms with van der Waals surface area (Å²) in [5, 5.41) is 7.91. The molecule has 3 aliphatic rings. The zero-order valence-electron chi connectivity index (χ0n) is 23.5. The molecule has 2 aliphatic heterocycles. The van der Waals surface area contributed by atoms with E-state index in [0.717, 1.165) is 57.8 Å². The van der Waals surface area contributed by atoms with Crippen molar-refractivity contribution in [3.8, 4) is 0 Å². The molecule has 2 fully saturated rings. The first-order chi connectivity index (χ1) is 19.4. The van der Waals surface area contributed by atoms with Crippen molar-refractivity contribution in [2.75, 3.05) is 38.0 Å². The maximum atomic E-state index is 10.9. The lowest BCUT2D eigenvalue weighted by atomic mass is 10.1. The number of H-pyrrole nitrogens is 1. The first-order valence-corrected chi connectivity index (χ1v) is 15.1. The fourth-order valence-electron chi connectivity index (χ4n) is 5.79. The molecule has 0 bridgehead atoms. The van der Waals surface area contributed by atoms with E-state index in [1.165, 1.54) is 38.0 Å². The summed E-state index contributed by atoms with van der Waals surface area (Å²) in [5.41, 5.74) is 7.50. The van der Waals surface area contributed by atoms with Gasteiger partial charge in [0.25, 0.3) is 0 Å². The van der Waals surface area contributed by atoms with Gasteiger partial charge in [0, 0.05) is 56.2 Å². The maximum absolute atomic E-state index is 10.9. The van der Waals surface area contributed by atoms with E-state index in [4.69, 9.17) is 0 Å². The Kier molecular flexibility index (Phi) is 7.57. The van der Waals surface area contributed by atoms with Crippen LogP contribution in [-0.4, -0.2) is 81.0 Å². The van der Waals surface area contributed by atoms with Crippen LogP contribution in [0.1, 0.15) is 45.7 Å². The number of anilines is 2. The molecule has 5 heterocycles. The molecule has 1 aliphatic carbocycles. The number of nitrogens with zero attached hydrogens (tertiary/aromatic N) is 5. The van der Waals surface area contributed by atoms with Gasteiger partial charge in [0.15, 0.2) is 0 Å². The van der Waals surface area contributed by atoms with Crippen LogP contribution in [-0.2, 0) is 4.79 Å². The average Bonchev–Trinajstić information content (AvgIpc) is 3.30. The van der Waals surface area contributed by atoms with Gasteiger partial charge in [-0.15, -0.1) is 11.3 Å². The van der Waals surface area contributed by atoms with E-state index < -0.39 is 0 Å². The highest BCUT2D eigenvalue weighted by atomic mass is 32.1. The van der Waals surface area contributed by atoms with Crippen molar-refractivity contribution in [1.29, 1.82) is 0 Å². The topological polar surface area (TPSA) is 102 Å². The lowest BCUT2D eigenvalue weighted by molar-refractivity contribution is -0.117. The highest BCUT2D eigenvalue weighted by molar-refractivity contribution is 7.16. The lowest BCUT2D eigenvalue weighted by Gasteiger charge is -2.37. The molecule has 1 saturated carbocycles. The highest BCUT2D eigenvalue weighted by Gasteiger charge is 2.39. The van der Waals surface area contributed by atoms with Crippen LogP contribution in [0.2, 0.25) is 0 Å². The molecule has 9 nitrogen and oxygen atoms in total. The minimum absolute atomic E-state index is 0.639. The van der Waals surface area contributed by atoms with Crippen LogP contribution in [0.15, 0.2) is 42.2 Å². The third-order valence-corrected chi connectivity index (χ3v) is 8.89. The molecule has 2 atom stereocenters. The first kappa shape index (κ1) is 26.9. The van der Waals surface area contributed by atoms with E-state index >= 15 is 0 Å². The number of carbonyl (C=O) groups excluding carboxylic acids is 1. The van der Waals surface area contributed by atoms with Gasteiger partial charge in [-0.3, -0.25) is 9.69 Å². The summed E-state index contributed by atoms with van der Waals surface area (Å²) in [6.45, 7) is 12.2. The number of fused-ring (bicyclic) bond motifs is 2. The minimum atomic E-state index is 0.639. The number of carbonyl (C=O) groups is 1. The number of amides is 1. The number of piperazine rings is 1. The van der Waals surface area contributed by atoms with Gasteiger partial charge in [0.05, 0.1) is 21.1 Å². The molecule has 10 heteroatoms. The highest BCUT2D eigenvalue weighted by Crippen LogP contribution is 2.45. The Bertz CT molecular complexity index is 1510. The predicted molar refractivity (Wildman–Crippen MR) is 163 cm³/mol. The van der Waals surface area contributed by atoms with Crippen molar-refractivity contribution >= 4 is 56.1 Å². The molecular formula is C30H38N8OS. The summed E-state index contributed by atoms with van der Waals surface area (Å²) >= 11 is 1.61. The zero-order chi connectivity index (χ0) is 27.7. The van der Waals surface area contributed by atoms with Crippen molar-refractivity contribution in [3.05, 3.63) is 47.9 Å². The Morgan fingerprint density at radius 1 is 1.15 bits per heavy atom. The van der Waals surface area contributed by atoms with E-state index in [2.05, 4.69) is 74.4 Å². The van der Waals surface area contributed by atoms with E-state index in [0.29, 0.717) is 24.0 Å². The number of rotatable bonds is 6. The standard InChI is InChI=1S/C19H16N6OS.C11H22N2/c26-11-25-5-3-12(4-6-25)16-8-14-18(20-9-21-19(14)24-16)23-13-1-2-15-17(7-13)27-10-22-15;1-9-6-13(7-10(2)12-9)8-11(3)4-5-11/h1-3,7-11H,4-6H2,(H2,20,21,23,24);9-10,12H,4-8H2,1-3H3. The summed E-state index contributed by atoms with van der Waals surface area (Å²) in [4.78, 5) is 31.8. The van der Waals surface area contributed by atoms with Crippen molar-refractivity contribution in [3.63, 3.8) is 0 Å². The molecule has 3 aromatic heterocycles. The molecule has 1 aromatic carbocycles. The van der Waals surface area contributed by atoms with Gasteiger partial charge < -0.3 is 20.5 Å². The summed E-state index contributed by atoms with van der Waals surface area (Å²) in [6, 6.07) is 9.50. The molecule has 1 saturated heterocycles. The summed E-state index contributed by atoms with van der Waals surface area (Å²) in [7, 11) is 0. The third-order valence-electron chi connectivity index (χ3n) is 8.10. The maximum Gasteiger partial charge on any atom is 0.209 e.